The first-order chi connectivity index (χ1) is 7.31. The first-order valence-corrected chi connectivity index (χ1v) is 5.73. The van der Waals surface area contributed by atoms with Crippen molar-refractivity contribution in [1.29, 1.82) is 0 Å². The summed E-state index contributed by atoms with van der Waals surface area (Å²) in [5.41, 5.74) is 1.13. The molecule has 0 atom stereocenters. The van der Waals surface area contributed by atoms with Crippen molar-refractivity contribution < 1.29 is 0 Å². The monoisotopic (exact) mass is 225 g/mol. The number of nitrogens with zero attached hydrogens (tertiary/aromatic N) is 2. The van der Waals surface area contributed by atoms with E-state index in [9.17, 15) is 0 Å². The molecule has 82 valence electrons. The second-order valence-corrected chi connectivity index (χ2v) is 4.28. The highest BCUT2D eigenvalue weighted by Gasteiger charge is 2.16. The Morgan fingerprint density at radius 2 is 2.20 bits per heavy atom. The van der Waals surface area contributed by atoms with E-state index >= 15 is 0 Å². The molecule has 1 aliphatic rings. The molecular formula is C11H16ClN3. The Kier molecular flexibility index (Phi) is 3.44. The summed E-state index contributed by atoms with van der Waals surface area (Å²) in [4.78, 5) is 6.69. The van der Waals surface area contributed by atoms with E-state index < -0.39 is 0 Å². The Bertz CT molecular complexity index is 335. The third kappa shape index (κ3) is 2.41. The molecule has 0 aromatic carbocycles. The third-order valence-corrected chi connectivity index (χ3v) is 2.94. The van der Waals surface area contributed by atoms with Gasteiger partial charge in [-0.25, -0.2) is 4.98 Å². The maximum absolute atomic E-state index is 6.21. The molecule has 0 saturated carbocycles. The topological polar surface area (TPSA) is 28.2 Å². The molecule has 0 radical (unpaired) electrons. The Morgan fingerprint density at radius 3 is 2.80 bits per heavy atom. The van der Waals surface area contributed by atoms with Crippen LogP contribution in [-0.2, 0) is 6.54 Å². The average molecular weight is 226 g/mol. The maximum Gasteiger partial charge on any atom is 0.147 e. The van der Waals surface area contributed by atoms with Crippen molar-refractivity contribution in [2.45, 2.75) is 19.4 Å². The van der Waals surface area contributed by atoms with Gasteiger partial charge in [-0.2, -0.15) is 0 Å². The molecule has 3 nitrogen and oxygen atoms in total. The van der Waals surface area contributed by atoms with Gasteiger partial charge >= 0.3 is 0 Å². The van der Waals surface area contributed by atoms with E-state index in [0.29, 0.717) is 0 Å². The first-order valence-electron chi connectivity index (χ1n) is 5.35. The smallest absolute Gasteiger partial charge is 0.147 e. The van der Waals surface area contributed by atoms with Crippen LogP contribution in [0, 0.1) is 0 Å². The molecule has 1 N–H and O–H groups in total. The van der Waals surface area contributed by atoms with E-state index in [-0.39, 0.29) is 0 Å². The zero-order valence-electron chi connectivity index (χ0n) is 8.96. The lowest BCUT2D eigenvalue weighted by Crippen LogP contribution is -2.19. The van der Waals surface area contributed by atoms with Crippen LogP contribution in [0.15, 0.2) is 12.3 Å². The summed E-state index contributed by atoms with van der Waals surface area (Å²) >= 11 is 6.21. The fourth-order valence-corrected chi connectivity index (χ4v) is 2.24. The van der Waals surface area contributed by atoms with Crippen LogP contribution in [0.5, 0.6) is 0 Å². The maximum atomic E-state index is 6.21. The number of halogens is 1. The van der Waals surface area contributed by atoms with Crippen molar-refractivity contribution >= 4 is 17.4 Å². The fraction of sp³-hybridized carbons (Fsp3) is 0.545. The van der Waals surface area contributed by atoms with Crippen LogP contribution < -0.4 is 10.2 Å². The van der Waals surface area contributed by atoms with Crippen molar-refractivity contribution in [2.24, 2.45) is 0 Å². The highest BCUT2D eigenvalue weighted by atomic mass is 35.5. The Hall–Kier alpha value is -0.800. The zero-order chi connectivity index (χ0) is 10.7. The van der Waals surface area contributed by atoms with E-state index in [4.69, 9.17) is 11.6 Å². The molecule has 0 unspecified atom stereocenters. The number of hydrogen-bond donors (Lipinski definition) is 1. The minimum Gasteiger partial charge on any atom is -0.355 e. The molecule has 0 amide bonds. The Balaban J connectivity index is 2.18. The summed E-state index contributed by atoms with van der Waals surface area (Å²) in [5.74, 6) is 0.939. The van der Waals surface area contributed by atoms with Gasteiger partial charge in [-0.3, -0.25) is 0 Å². The molecule has 1 saturated heterocycles. The van der Waals surface area contributed by atoms with E-state index in [1.165, 1.54) is 12.8 Å². The van der Waals surface area contributed by atoms with Gasteiger partial charge < -0.3 is 10.2 Å². The Labute approximate surface area is 95.4 Å². The second-order valence-electron chi connectivity index (χ2n) is 3.87. The highest BCUT2D eigenvalue weighted by Crippen LogP contribution is 2.26. The quantitative estimate of drug-likeness (QED) is 0.854. The van der Waals surface area contributed by atoms with E-state index in [0.717, 1.165) is 36.0 Å². The van der Waals surface area contributed by atoms with Gasteiger partial charge in [-0.15, -0.1) is 0 Å². The molecule has 2 rings (SSSR count). The first kappa shape index (κ1) is 10.7. The fourth-order valence-electron chi connectivity index (χ4n) is 1.93. The SMILES string of the molecule is CNCc1cnc(N2CCCC2)c(Cl)c1. The molecule has 2 heterocycles. The average Bonchev–Trinajstić information content (AvgIpc) is 2.71. The molecule has 1 fully saturated rings. The number of anilines is 1. The summed E-state index contributed by atoms with van der Waals surface area (Å²) < 4.78 is 0. The Morgan fingerprint density at radius 1 is 1.47 bits per heavy atom. The highest BCUT2D eigenvalue weighted by molar-refractivity contribution is 6.33. The lowest BCUT2D eigenvalue weighted by atomic mass is 10.3. The van der Waals surface area contributed by atoms with E-state index in [1.54, 1.807) is 0 Å². The summed E-state index contributed by atoms with van der Waals surface area (Å²) in [6, 6.07) is 2.00. The van der Waals surface area contributed by atoms with Gasteiger partial charge in [0.2, 0.25) is 0 Å². The van der Waals surface area contributed by atoms with Crippen LogP contribution in [0.4, 0.5) is 5.82 Å². The standard InChI is InChI=1S/C11H16ClN3/c1-13-7-9-6-10(12)11(14-8-9)15-4-2-3-5-15/h6,8,13H,2-5,7H2,1H3. The van der Waals surface area contributed by atoms with Gasteiger partial charge in [0.05, 0.1) is 5.02 Å². The van der Waals surface area contributed by atoms with Gasteiger partial charge in [-0.1, -0.05) is 11.6 Å². The lowest BCUT2D eigenvalue weighted by Gasteiger charge is -2.17. The van der Waals surface area contributed by atoms with Crippen LogP contribution in [-0.4, -0.2) is 25.1 Å². The predicted octanol–water partition coefficient (Wildman–Crippen LogP) is 2.05. The molecule has 15 heavy (non-hydrogen) atoms. The van der Waals surface area contributed by atoms with E-state index in [1.807, 2.05) is 19.3 Å². The largest absolute Gasteiger partial charge is 0.355 e. The van der Waals surface area contributed by atoms with Crippen LogP contribution in [0.25, 0.3) is 0 Å². The molecule has 0 aliphatic carbocycles. The lowest BCUT2D eigenvalue weighted by molar-refractivity contribution is 0.811. The summed E-state index contributed by atoms with van der Waals surface area (Å²) in [5, 5.41) is 3.86. The van der Waals surface area contributed by atoms with Crippen molar-refractivity contribution in [1.82, 2.24) is 10.3 Å². The van der Waals surface area contributed by atoms with Crippen molar-refractivity contribution in [3.8, 4) is 0 Å². The van der Waals surface area contributed by atoms with Crippen LogP contribution in [0.2, 0.25) is 5.02 Å². The summed E-state index contributed by atoms with van der Waals surface area (Å²) in [6.45, 7) is 2.98. The van der Waals surface area contributed by atoms with Gasteiger partial charge in [0.15, 0.2) is 0 Å². The van der Waals surface area contributed by atoms with Crippen molar-refractivity contribution in [3.05, 3.63) is 22.8 Å². The molecule has 4 heteroatoms. The molecule has 1 aromatic rings. The molecule has 0 bridgehead atoms. The number of nitrogens with one attached hydrogen (secondary N) is 1. The minimum atomic E-state index is 0.768. The second kappa shape index (κ2) is 4.81. The molecule has 1 aromatic heterocycles. The van der Waals surface area contributed by atoms with Crippen LogP contribution >= 0.6 is 11.6 Å². The summed E-state index contributed by atoms with van der Waals surface area (Å²) in [6.07, 6.45) is 4.39. The van der Waals surface area contributed by atoms with Gasteiger partial charge in [0.1, 0.15) is 5.82 Å². The normalized spacial score (nSPS) is 16.0. The van der Waals surface area contributed by atoms with Gasteiger partial charge in [0.25, 0.3) is 0 Å². The van der Waals surface area contributed by atoms with Crippen LogP contribution in [0.3, 0.4) is 0 Å². The zero-order valence-corrected chi connectivity index (χ0v) is 9.72. The molecular weight excluding hydrogens is 210 g/mol. The molecule has 0 spiro atoms. The number of hydrogen-bond acceptors (Lipinski definition) is 3. The molecule has 1 aliphatic heterocycles. The van der Waals surface area contributed by atoms with Crippen molar-refractivity contribution in [2.75, 3.05) is 25.0 Å². The number of pyridine rings is 1. The summed E-state index contributed by atoms with van der Waals surface area (Å²) in [7, 11) is 1.92. The van der Waals surface area contributed by atoms with E-state index in [2.05, 4.69) is 15.2 Å². The number of rotatable bonds is 3. The predicted molar refractivity (Wildman–Crippen MR) is 63.5 cm³/mol. The van der Waals surface area contributed by atoms with Crippen molar-refractivity contribution in [3.63, 3.8) is 0 Å². The van der Waals surface area contributed by atoms with Gasteiger partial charge in [-0.05, 0) is 31.5 Å². The minimum absolute atomic E-state index is 0.768. The van der Waals surface area contributed by atoms with Crippen LogP contribution in [0.1, 0.15) is 18.4 Å². The van der Waals surface area contributed by atoms with Gasteiger partial charge in [0, 0.05) is 25.8 Å². The third-order valence-electron chi connectivity index (χ3n) is 2.66. The number of aromatic nitrogens is 1.